The molecule has 0 aromatic heterocycles. The Morgan fingerprint density at radius 1 is 1.06 bits per heavy atom. The van der Waals surface area contributed by atoms with Crippen LogP contribution >= 0.6 is 0 Å². The summed E-state index contributed by atoms with van der Waals surface area (Å²) in [5.41, 5.74) is 5.86. The number of aryl methyl sites for hydroxylation is 1. The van der Waals surface area contributed by atoms with Crippen molar-refractivity contribution in [3.8, 4) is 5.75 Å². The third-order valence-electron chi connectivity index (χ3n) is 4.41. The maximum Gasteiger partial charge on any atom is 0.294 e. The topological polar surface area (TPSA) is 151 Å². The number of nitrogens with two attached hydrogens (primary N) is 1. The Morgan fingerprint density at radius 2 is 1.72 bits per heavy atom. The molecule has 0 fully saturated rings. The highest BCUT2D eigenvalue weighted by molar-refractivity contribution is 7.91. The first kappa shape index (κ1) is 25.3. The van der Waals surface area contributed by atoms with Crippen molar-refractivity contribution in [3.05, 3.63) is 53.6 Å². The standard InChI is InChI=1S/C20H26N4O6S2/c1-14-12-17(32(28,29)11-10-23(2)3)8-9-18(14)30-24(20(21)22)19(25)15-6-5-7-16(13-15)31(4,26)27/h5-9,12-13H,10-11H2,1-4H3,(H3,21,22). The molecule has 174 valence electrons. The lowest BCUT2D eigenvalue weighted by Gasteiger charge is -2.22. The summed E-state index contributed by atoms with van der Waals surface area (Å²) in [5, 5.41) is 8.21. The van der Waals surface area contributed by atoms with Crippen LogP contribution in [0.15, 0.2) is 52.3 Å². The molecule has 0 aliphatic carbocycles. The Bertz CT molecular complexity index is 1240. The molecule has 1 amide bonds. The highest BCUT2D eigenvalue weighted by Gasteiger charge is 2.24. The first-order valence-electron chi connectivity index (χ1n) is 9.37. The fourth-order valence-electron chi connectivity index (χ4n) is 2.61. The molecule has 2 rings (SSSR count). The van der Waals surface area contributed by atoms with Crippen LogP contribution in [0.1, 0.15) is 15.9 Å². The zero-order valence-corrected chi connectivity index (χ0v) is 19.8. The summed E-state index contributed by atoms with van der Waals surface area (Å²) in [4.78, 5) is 20.1. The molecule has 0 spiro atoms. The lowest BCUT2D eigenvalue weighted by Crippen LogP contribution is -2.43. The van der Waals surface area contributed by atoms with E-state index in [1.165, 1.54) is 36.4 Å². The summed E-state index contributed by atoms with van der Waals surface area (Å²) in [6.45, 7) is 1.95. The third-order valence-corrected chi connectivity index (χ3v) is 7.22. The second kappa shape index (κ2) is 9.67. The van der Waals surface area contributed by atoms with Crippen molar-refractivity contribution in [2.24, 2.45) is 5.73 Å². The predicted molar refractivity (Wildman–Crippen MR) is 120 cm³/mol. The second-order valence-electron chi connectivity index (χ2n) is 7.43. The van der Waals surface area contributed by atoms with Gasteiger partial charge in [-0.3, -0.25) is 10.2 Å². The average Bonchev–Trinajstić information content (AvgIpc) is 2.70. The van der Waals surface area contributed by atoms with Crippen LogP contribution in [0.3, 0.4) is 0 Å². The van der Waals surface area contributed by atoms with E-state index in [1.54, 1.807) is 25.9 Å². The molecule has 0 unspecified atom stereocenters. The summed E-state index contributed by atoms with van der Waals surface area (Å²) in [6, 6.07) is 9.38. The van der Waals surface area contributed by atoms with Gasteiger partial charge in [0.05, 0.1) is 15.5 Å². The van der Waals surface area contributed by atoms with E-state index in [-0.39, 0.29) is 26.9 Å². The lowest BCUT2D eigenvalue weighted by molar-refractivity contribution is 0.0148. The number of nitrogens with zero attached hydrogens (tertiary/aromatic N) is 2. The molecule has 10 nitrogen and oxygen atoms in total. The molecule has 0 aliphatic heterocycles. The van der Waals surface area contributed by atoms with E-state index in [9.17, 15) is 21.6 Å². The van der Waals surface area contributed by atoms with E-state index in [2.05, 4.69) is 0 Å². The van der Waals surface area contributed by atoms with Gasteiger partial charge in [-0.1, -0.05) is 6.07 Å². The molecule has 0 atom stereocenters. The van der Waals surface area contributed by atoms with Gasteiger partial charge in [-0.25, -0.2) is 16.8 Å². The van der Waals surface area contributed by atoms with Gasteiger partial charge in [0, 0.05) is 18.4 Å². The molecule has 2 aromatic rings. The quantitative estimate of drug-likeness (QED) is 0.322. The fourth-order valence-corrected chi connectivity index (χ4v) is 4.75. The van der Waals surface area contributed by atoms with E-state index in [0.29, 0.717) is 17.2 Å². The van der Waals surface area contributed by atoms with Gasteiger partial charge in [0.15, 0.2) is 25.4 Å². The van der Waals surface area contributed by atoms with Gasteiger partial charge in [0.1, 0.15) is 0 Å². The van der Waals surface area contributed by atoms with Crippen LogP contribution in [0, 0.1) is 12.3 Å². The van der Waals surface area contributed by atoms with Crippen LogP contribution in [0.5, 0.6) is 5.75 Å². The number of sulfone groups is 2. The first-order chi connectivity index (χ1) is 14.7. The third kappa shape index (κ3) is 6.28. The summed E-state index contributed by atoms with van der Waals surface area (Å²) < 4.78 is 48.5. The SMILES string of the molecule is Cc1cc(S(=O)(=O)CCN(C)C)ccc1ON(C(=N)N)C(=O)c1cccc(S(C)(=O)=O)c1. The molecule has 3 N–H and O–H groups in total. The van der Waals surface area contributed by atoms with Crippen molar-refractivity contribution < 1.29 is 26.5 Å². The number of carbonyl (C=O) groups is 1. The number of carbonyl (C=O) groups excluding carboxylic acids is 1. The van der Waals surface area contributed by atoms with E-state index in [4.69, 9.17) is 16.0 Å². The summed E-state index contributed by atoms with van der Waals surface area (Å²) in [7, 11) is -3.53. The molecule has 0 aliphatic rings. The molecule has 0 heterocycles. The number of benzene rings is 2. The Kier molecular flexibility index (Phi) is 7.65. The van der Waals surface area contributed by atoms with E-state index < -0.39 is 31.5 Å². The number of rotatable bonds is 8. The minimum Gasteiger partial charge on any atom is -0.368 e. The summed E-state index contributed by atoms with van der Waals surface area (Å²) >= 11 is 0. The van der Waals surface area contributed by atoms with Crippen molar-refractivity contribution in [3.63, 3.8) is 0 Å². The van der Waals surface area contributed by atoms with Crippen molar-refractivity contribution in [2.45, 2.75) is 16.7 Å². The Labute approximate surface area is 187 Å². The molecule has 2 aromatic carbocycles. The van der Waals surface area contributed by atoms with Gasteiger partial charge in [-0.05, 0) is 63.0 Å². The molecule has 0 radical (unpaired) electrons. The van der Waals surface area contributed by atoms with Crippen molar-refractivity contribution >= 4 is 31.5 Å². The summed E-state index contributed by atoms with van der Waals surface area (Å²) in [6.07, 6.45) is 1.01. The first-order valence-corrected chi connectivity index (χ1v) is 12.9. The lowest BCUT2D eigenvalue weighted by atomic mass is 10.2. The van der Waals surface area contributed by atoms with E-state index >= 15 is 0 Å². The van der Waals surface area contributed by atoms with Crippen LogP contribution in [-0.4, -0.2) is 71.3 Å². The molecular weight excluding hydrogens is 456 g/mol. The van der Waals surface area contributed by atoms with Gasteiger partial charge in [-0.2, -0.15) is 0 Å². The fraction of sp³-hybridized carbons (Fsp3) is 0.300. The van der Waals surface area contributed by atoms with Crippen LogP contribution in [0.25, 0.3) is 0 Å². The summed E-state index contributed by atoms with van der Waals surface area (Å²) in [5.74, 6) is -1.54. The monoisotopic (exact) mass is 482 g/mol. The maximum absolute atomic E-state index is 12.8. The van der Waals surface area contributed by atoms with Crippen LogP contribution in [0.4, 0.5) is 0 Å². The van der Waals surface area contributed by atoms with Crippen LogP contribution < -0.4 is 10.6 Å². The van der Waals surface area contributed by atoms with Gasteiger partial charge in [0.2, 0.25) is 5.96 Å². The predicted octanol–water partition coefficient (Wildman–Crippen LogP) is 1.06. The number of amides is 1. The Hall–Kier alpha value is -2.96. The van der Waals surface area contributed by atoms with Gasteiger partial charge in [0.25, 0.3) is 5.91 Å². The smallest absolute Gasteiger partial charge is 0.294 e. The van der Waals surface area contributed by atoms with Crippen molar-refractivity contribution in [1.82, 2.24) is 9.96 Å². The molecular formula is C20H26N4O6S2. The van der Waals surface area contributed by atoms with Gasteiger partial charge in [-0.15, -0.1) is 5.06 Å². The molecule has 0 saturated carbocycles. The van der Waals surface area contributed by atoms with E-state index in [0.717, 1.165) is 12.3 Å². The van der Waals surface area contributed by atoms with Crippen molar-refractivity contribution in [1.29, 1.82) is 5.41 Å². The number of hydrogen-bond donors (Lipinski definition) is 2. The molecule has 12 heteroatoms. The average molecular weight is 483 g/mol. The highest BCUT2D eigenvalue weighted by atomic mass is 32.2. The molecule has 32 heavy (non-hydrogen) atoms. The minimum absolute atomic E-state index is 0.0522. The number of nitrogens with one attached hydrogen (secondary N) is 1. The normalized spacial score (nSPS) is 11.9. The van der Waals surface area contributed by atoms with E-state index in [1.807, 2.05) is 0 Å². The van der Waals surface area contributed by atoms with Crippen molar-refractivity contribution in [2.75, 3.05) is 32.6 Å². The zero-order chi connectivity index (χ0) is 24.3. The Balaban J connectivity index is 2.32. The maximum atomic E-state index is 12.8. The number of hydroxylamine groups is 2. The highest BCUT2D eigenvalue weighted by Crippen LogP contribution is 2.24. The zero-order valence-electron chi connectivity index (χ0n) is 18.2. The molecule has 0 bridgehead atoms. The van der Waals surface area contributed by atoms with Crippen LogP contribution in [-0.2, 0) is 19.7 Å². The number of guanidine groups is 1. The Morgan fingerprint density at radius 3 is 2.25 bits per heavy atom. The van der Waals surface area contributed by atoms with Gasteiger partial charge < -0.3 is 15.5 Å². The largest absolute Gasteiger partial charge is 0.368 e. The second-order valence-corrected chi connectivity index (χ2v) is 11.6. The minimum atomic E-state index is -3.56. The molecule has 0 saturated heterocycles. The van der Waals surface area contributed by atoms with Crippen LogP contribution in [0.2, 0.25) is 0 Å². The number of hydrogen-bond acceptors (Lipinski definition) is 8. The van der Waals surface area contributed by atoms with Gasteiger partial charge >= 0.3 is 0 Å².